The number of halogens is 5. The van der Waals surface area contributed by atoms with Gasteiger partial charge in [0.1, 0.15) is 6.61 Å². The summed E-state index contributed by atoms with van der Waals surface area (Å²) in [5, 5.41) is 0.646. The highest BCUT2D eigenvalue weighted by Crippen LogP contribution is 2.30. The molecule has 1 unspecified atom stereocenters. The molecular formula is C12H13BrClF3O. The zero-order valence-corrected chi connectivity index (χ0v) is 12.3. The number of rotatable bonds is 4. The van der Waals surface area contributed by atoms with Crippen molar-refractivity contribution in [3.05, 3.63) is 33.8 Å². The van der Waals surface area contributed by atoms with Gasteiger partial charge >= 0.3 is 6.18 Å². The third-order valence-electron chi connectivity index (χ3n) is 2.41. The third kappa shape index (κ3) is 4.78. The van der Waals surface area contributed by atoms with Gasteiger partial charge in [-0.25, -0.2) is 0 Å². The van der Waals surface area contributed by atoms with E-state index in [-0.39, 0.29) is 11.4 Å². The maximum absolute atomic E-state index is 11.9. The second kappa shape index (κ2) is 6.26. The van der Waals surface area contributed by atoms with Crippen LogP contribution in [0.15, 0.2) is 12.1 Å². The van der Waals surface area contributed by atoms with Gasteiger partial charge < -0.3 is 4.74 Å². The van der Waals surface area contributed by atoms with Gasteiger partial charge in [-0.1, -0.05) is 33.6 Å². The maximum atomic E-state index is 11.9. The average molecular weight is 346 g/mol. The van der Waals surface area contributed by atoms with Gasteiger partial charge in [-0.3, -0.25) is 0 Å². The molecule has 0 saturated heterocycles. The van der Waals surface area contributed by atoms with Gasteiger partial charge in [0.25, 0.3) is 0 Å². The summed E-state index contributed by atoms with van der Waals surface area (Å²) in [5.41, 5.74) is 2.69. The molecular weight excluding hydrogens is 332 g/mol. The molecule has 0 N–H and O–H groups in total. The molecule has 0 fully saturated rings. The van der Waals surface area contributed by atoms with Crippen molar-refractivity contribution in [2.24, 2.45) is 0 Å². The van der Waals surface area contributed by atoms with E-state index >= 15 is 0 Å². The van der Waals surface area contributed by atoms with Crippen molar-refractivity contribution >= 4 is 27.5 Å². The molecule has 1 rings (SSSR count). The minimum Gasteiger partial charge on any atom is -0.371 e. The average Bonchev–Trinajstić information content (AvgIpc) is 2.21. The molecule has 0 amide bonds. The fourth-order valence-corrected chi connectivity index (χ4v) is 2.41. The minimum absolute atomic E-state index is 0.0403. The monoisotopic (exact) mass is 344 g/mol. The van der Waals surface area contributed by atoms with Crippen molar-refractivity contribution in [3.8, 4) is 0 Å². The van der Waals surface area contributed by atoms with E-state index in [1.165, 1.54) is 0 Å². The lowest BCUT2D eigenvalue weighted by Crippen LogP contribution is -2.18. The van der Waals surface area contributed by atoms with Crippen LogP contribution in [-0.4, -0.2) is 19.4 Å². The lowest BCUT2D eigenvalue weighted by Gasteiger charge is -2.16. The molecule has 1 aromatic carbocycles. The number of benzene rings is 1. The Bertz CT molecular complexity index is 421. The number of alkyl halides is 4. The molecule has 102 valence electrons. The summed E-state index contributed by atoms with van der Waals surface area (Å²) < 4.78 is 40.5. The van der Waals surface area contributed by atoms with Crippen LogP contribution in [0.4, 0.5) is 13.2 Å². The summed E-state index contributed by atoms with van der Waals surface area (Å²) in [6.07, 6.45) is -4.29. The molecule has 1 atom stereocenters. The highest BCUT2D eigenvalue weighted by Gasteiger charge is 2.28. The molecule has 1 nitrogen and oxygen atoms in total. The standard InChI is InChI=1S/C12H13BrClF3O/c1-7-4-11(14)8(2)3-9(7)10(13)5-18-6-12(15,16)17/h3-4,10H,5-6H2,1-2H3. The minimum atomic E-state index is -4.29. The molecule has 0 radical (unpaired) electrons. The van der Waals surface area contributed by atoms with E-state index in [1.54, 1.807) is 6.07 Å². The molecule has 0 heterocycles. The van der Waals surface area contributed by atoms with Crippen LogP contribution in [0.5, 0.6) is 0 Å². The van der Waals surface area contributed by atoms with Gasteiger partial charge in [-0.15, -0.1) is 0 Å². The molecule has 18 heavy (non-hydrogen) atoms. The predicted molar refractivity (Wildman–Crippen MR) is 69.5 cm³/mol. The first-order chi connectivity index (χ1) is 8.20. The molecule has 0 aliphatic rings. The molecule has 6 heteroatoms. The number of hydrogen-bond acceptors (Lipinski definition) is 1. The van der Waals surface area contributed by atoms with Crippen LogP contribution in [-0.2, 0) is 4.74 Å². The van der Waals surface area contributed by atoms with Crippen LogP contribution < -0.4 is 0 Å². The third-order valence-corrected chi connectivity index (χ3v) is 3.58. The molecule has 0 bridgehead atoms. The predicted octanol–water partition coefficient (Wildman–Crippen LogP) is 4.97. The van der Waals surface area contributed by atoms with Crippen molar-refractivity contribution in [2.75, 3.05) is 13.2 Å². The Morgan fingerprint density at radius 1 is 1.28 bits per heavy atom. The topological polar surface area (TPSA) is 9.23 Å². The lowest BCUT2D eigenvalue weighted by atomic mass is 10.0. The van der Waals surface area contributed by atoms with Crippen molar-refractivity contribution in [1.29, 1.82) is 0 Å². The van der Waals surface area contributed by atoms with Gasteiger partial charge in [0, 0.05) is 5.02 Å². The van der Waals surface area contributed by atoms with Crippen LogP contribution >= 0.6 is 27.5 Å². The molecule has 0 saturated carbocycles. The van der Waals surface area contributed by atoms with E-state index in [9.17, 15) is 13.2 Å². The second-order valence-electron chi connectivity index (χ2n) is 4.06. The Morgan fingerprint density at radius 2 is 1.89 bits per heavy atom. The zero-order chi connectivity index (χ0) is 13.9. The molecule has 0 aliphatic carbocycles. The summed E-state index contributed by atoms with van der Waals surface area (Å²) in [7, 11) is 0. The summed E-state index contributed by atoms with van der Waals surface area (Å²) in [4.78, 5) is -0.282. The second-order valence-corrected chi connectivity index (χ2v) is 5.57. The Morgan fingerprint density at radius 3 is 2.44 bits per heavy atom. The Kier molecular flexibility index (Phi) is 5.49. The first-order valence-corrected chi connectivity index (χ1v) is 6.55. The van der Waals surface area contributed by atoms with E-state index in [4.69, 9.17) is 11.6 Å². The van der Waals surface area contributed by atoms with Gasteiger partial charge in [-0.2, -0.15) is 13.2 Å². The van der Waals surface area contributed by atoms with E-state index in [0.717, 1.165) is 16.7 Å². The smallest absolute Gasteiger partial charge is 0.371 e. The fraction of sp³-hybridized carbons (Fsp3) is 0.500. The fourth-order valence-electron chi connectivity index (χ4n) is 1.51. The summed E-state index contributed by atoms with van der Waals surface area (Å²) in [6, 6.07) is 3.65. The summed E-state index contributed by atoms with van der Waals surface area (Å²) >= 11 is 9.29. The van der Waals surface area contributed by atoms with E-state index in [2.05, 4.69) is 20.7 Å². The van der Waals surface area contributed by atoms with Crippen molar-refractivity contribution < 1.29 is 17.9 Å². The SMILES string of the molecule is Cc1cc(C(Br)COCC(F)(F)F)c(C)cc1Cl. The summed E-state index contributed by atoms with van der Waals surface area (Å²) in [6.45, 7) is 2.43. The van der Waals surface area contributed by atoms with Crippen LogP contribution in [0.3, 0.4) is 0 Å². The number of hydrogen-bond donors (Lipinski definition) is 0. The number of aryl methyl sites for hydroxylation is 2. The normalized spacial score (nSPS) is 13.7. The van der Waals surface area contributed by atoms with Crippen LogP contribution in [0, 0.1) is 13.8 Å². The molecule has 1 aromatic rings. The van der Waals surface area contributed by atoms with E-state index < -0.39 is 12.8 Å². The first kappa shape index (κ1) is 15.8. The first-order valence-electron chi connectivity index (χ1n) is 5.26. The van der Waals surface area contributed by atoms with Crippen molar-refractivity contribution in [1.82, 2.24) is 0 Å². The van der Waals surface area contributed by atoms with Crippen LogP contribution in [0.1, 0.15) is 21.5 Å². The Labute approximate surface area is 117 Å². The highest BCUT2D eigenvalue weighted by atomic mass is 79.9. The van der Waals surface area contributed by atoms with Gasteiger partial charge in [0.05, 0.1) is 11.4 Å². The van der Waals surface area contributed by atoms with Crippen LogP contribution in [0.25, 0.3) is 0 Å². The number of ether oxygens (including phenoxy) is 1. The Hall–Kier alpha value is -0.260. The lowest BCUT2D eigenvalue weighted by molar-refractivity contribution is -0.173. The Balaban J connectivity index is 2.67. The van der Waals surface area contributed by atoms with E-state index in [1.807, 2.05) is 19.9 Å². The maximum Gasteiger partial charge on any atom is 0.411 e. The zero-order valence-electron chi connectivity index (χ0n) is 9.94. The van der Waals surface area contributed by atoms with E-state index in [0.29, 0.717) is 5.02 Å². The quantitative estimate of drug-likeness (QED) is 0.700. The summed E-state index contributed by atoms with van der Waals surface area (Å²) in [5.74, 6) is 0. The van der Waals surface area contributed by atoms with Crippen molar-refractivity contribution in [2.45, 2.75) is 24.9 Å². The van der Waals surface area contributed by atoms with Gasteiger partial charge in [-0.05, 0) is 36.6 Å². The largest absolute Gasteiger partial charge is 0.411 e. The molecule has 0 spiro atoms. The van der Waals surface area contributed by atoms with Gasteiger partial charge in [0.2, 0.25) is 0 Å². The molecule has 0 aromatic heterocycles. The van der Waals surface area contributed by atoms with Crippen molar-refractivity contribution in [3.63, 3.8) is 0 Å². The van der Waals surface area contributed by atoms with Gasteiger partial charge in [0.15, 0.2) is 0 Å². The highest BCUT2D eigenvalue weighted by molar-refractivity contribution is 9.09. The van der Waals surface area contributed by atoms with Crippen LogP contribution in [0.2, 0.25) is 5.02 Å². The molecule has 0 aliphatic heterocycles.